The smallest absolute Gasteiger partial charge is 0.0797 e. The molecule has 0 saturated carbocycles. The Labute approximate surface area is 86.1 Å². The molecule has 0 aliphatic rings. The summed E-state index contributed by atoms with van der Waals surface area (Å²) in [7, 11) is 0. The van der Waals surface area contributed by atoms with E-state index in [0.29, 0.717) is 0 Å². The highest BCUT2D eigenvalue weighted by Gasteiger charge is 2.09. The van der Waals surface area contributed by atoms with Gasteiger partial charge in [-0.05, 0) is 74.1 Å². The summed E-state index contributed by atoms with van der Waals surface area (Å²) in [6.45, 7) is 10.6. The maximum atomic E-state index is 8.84. The molecule has 0 unspecified atom stereocenters. The third kappa shape index (κ3) is 1.54. The molecule has 0 fully saturated rings. The normalized spacial score (nSPS) is 11.2. The van der Waals surface area contributed by atoms with Crippen LogP contribution in [0.25, 0.3) is 6.08 Å². The summed E-state index contributed by atoms with van der Waals surface area (Å²) < 4.78 is 0. The molecule has 0 amide bonds. The van der Waals surface area contributed by atoms with Crippen LogP contribution in [0.5, 0.6) is 0 Å². The van der Waals surface area contributed by atoms with Crippen molar-refractivity contribution < 1.29 is 5.11 Å². The Morgan fingerprint density at radius 2 is 1.07 bits per heavy atom. The van der Waals surface area contributed by atoms with Crippen molar-refractivity contribution in [3.8, 4) is 0 Å². The number of benzene rings is 1. The number of aliphatic hydroxyl groups excluding tert-OH is 1. The third-order valence-electron chi connectivity index (χ3n) is 3.30. The zero-order valence-corrected chi connectivity index (χ0v) is 9.60. The molecule has 1 aromatic carbocycles. The molecule has 1 nitrogen and oxygen atoms in total. The lowest BCUT2D eigenvalue weighted by atomic mass is 9.90. The van der Waals surface area contributed by atoms with E-state index in [-0.39, 0.29) is 0 Å². The second kappa shape index (κ2) is 3.87. The van der Waals surface area contributed by atoms with E-state index in [1.807, 2.05) is 0 Å². The maximum absolute atomic E-state index is 8.84. The predicted molar refractivity (Wildman–Crippen MR) is 61.8 cm³/mol. The second-order valence-electron chi connectivity index (χ2n) is 3.85. The minimum Gasteiger partial charge on any atom is -0.516 e. The Morgan fingerprint density at radius 1 is 0.714 bits per heavy atom. The van der Waals surface area contributed by atoms with Crippen molar-refractivity contribution in [2.45, 2.75) is 34.6 Å². The van der Waals surface area contributed by atoms with Crippen LogP contribution in [-0.4, -0.2) is 5.11 Å². The molecule has 0 aromatic heterocycles. The van der Waals surface area contributed by atoms with Crippen LogP contribution in [0.3, 0.4) is 0 Å². The Bertz CT molecular complexity index is 358. The lowest BCUT2D eigenvalue weighted by Crippen LogP contribution is -1.98. The van der Waals surface area contributed by atoms with E-state index in [0.717, 1.165) is 11.8 Å². The van der Waals surface area contributed by atoms with Gasteiger partial charge in [0.1, 0.15) is 0 Å². The fourth-order valence-corrected chi connectivity index (χ4v) is 1.85. The first-order chi connectivity index (χ1) is 6.50. The summed E-state index contributed by atoms with van der Waals surface area (Å²) in [4.78, 5) is 0. The molecule has 14 heavy (non-hydrogen) atoms. The highest BCUT2D eigenvalue weighted by atomic mass is 16.2. The molecule has 0 aliphatic heterocycles. The van der Waals surface area contributed by atoms with Crippen molar-refractivity contribution in [3.05, 3.63) is 39.6 Å². The first kappa shape index (κ1) is 10.8. The van der Waals surface area contributed by atoms with Crippen LogP contribution < -0.4 is 0 Å². The summed E-state index contributed by atoms with van der Waals surface area (Å²) in [5.74, 6) is 0. The molecule has 0 saturated heterocycles. The van der Waals surface area contributed by atoms with Crippen molar-refractivity contribution in [1.82, 2.24) is 0 Å². The Hall–Kier alpha value is -1.24. The van der Waals surface area contributed by atoms with E-state index in [4.69, 9.17) is 5.11 Å². The van der Waals surface area contributed by atoms with Crippen LogP contribution in [0, 0.1) is 34.6 Å². The molecule has 0 heterocycles. The fourth-order valence-electron chi connectivity index (χ4n) is 1.85. The van der Waals surface area contributed by atoms with Crippen molar-refractivity contribution in [3.63, 3.8) is 0 Å². The van der Waals surface area contributed by atoms with Crippen LogP contribution in [0.15, 0.2) is 6.26 Å². The topological polar surface area (TPSA) is 20.2 Å². The van der Waals surface area contributed by atoms with Gasteiger partial charge in [-0.2, -0.15) is 0 Å². The van der Waals surface area contributed by atoms with Gasteiger partial charge in [-0.15, -0.1) is 0 Å². The SMILES string of the molecule is Cc1c(C)c(C)c(/C=C/O)c(C)c1C. The van der Waals surface area contributed by atoms with Gasteiger partial charge in [0.15, 0.2) is 0 Å². The molecule has 1 heteroatoms. The number of aliphatic hydroxyl groups is 1. The molecule has 0 aliphatic carbocycles. The molecule has 0 bridgehead atoms. The Kier molecular flexibility index (Phi) is 3.00. The van der Waals surface area contributed by atoms with Crippen LogP contribution in [0.2, 0.25) is 0 Å². The van der Waals surface area contributed by atoms with E-state index in [2.05, 4.69) is 34.6 Å². The number of rotatable bonds is 1. The van der Waals surface area contributed by atoms with E-state index in [1.54, 1.807) is 6.08 Å². The average Bonchev–Trinajstić information content (AvgIpc) is 2.19. The second-order valence-corrected chi connectivity index (χ2v) is 3.85. The van der Waals surface area contributed by atoms with Gasteiger partial charge in [0.25, 0.3) is 0 Å². The highest BCUT2D eigenvalue weighted by molar-refractivity contribution is 5.62. The first-order valence-corrected chi connectivity index (χ1v) is 4.88. The van der Waals surface area contributed by atoms with Crippen molar-refractivity contribution in [2.24, 2.45) is 0 Å². The van der Waals surface area contributed by atoms with Crippen molar-refractivity contribution in [2.75, 3.05) is 0 Å². The minimum absolute atomic E-state index is 1.11. The van der Waals surface area contributed by atoms with E-state index in [1.165, 1.54) is 27.8 Å². The molecule has 0 spiro atoms. The van der Waals surface area contributed by atoms with Crippen molar-refractivity contribution >= 4 is 6.08 Å². The Morgan fingerprint density at radius 3 is 1.43 bits per heavy atom. The maximum Gasteiger partial charge on any atom is 0.0797 e. The van der Waals surface area contributed by atoms with Crippen LogP contribution in [0.4, 0.5) is 0 Å². The molecule has 0 radical (unpaired) electrons. The largest absolute Gasteiger partial charge is 0.516 e. The van der Waals surface area contributed by atoms with Gasteiger partial charge >= 0.3 is 0 Å². The van der Waals surface area contributed by atoms with Gasteiger partial charge in [-0.1, -0.05) is 0 Å². The summed E-state index contributed by atoms with van der Waals surface area (Å²) in [6.07, 6.45) is 2.88. The number of hydrogen-bond donors (Lipinski definition) is 1. The summed E-state index contributed by atoms with van der Waals surface area (Å²) >= 11 is 0. The van der Waals surface area contributed by atoms with E-state index in [9.17, 15) is 0 Å². The molecular weight excluding hydrogens is 172 g/mol. The number of hydrogen-bond acceptors (Lipinski definition) is 1. The van der Waals surface area contributed by atoms with Crippen LogP contribution in [-0.2, 0) is 0 Å². The lowest BCUT2D eigenvalue weighted by molar-refractivity contribution is 0.478. The van der Waals surface area contributed by atoms with Crippen LogP contribution in [0.1, 0.15) is 33.4 Å². The third-order valence-corrected chi connectivity index (χ3v) is 3.30. The molecule has 1 rings (SSSR count). The van der Waals surface area contributed by atoms with Crippen LogP contribution >= 0.6 is 0 Å². The Balaban J connectivity index is 3.59. The minimum atomic E-state index is 1.11. The van der Waals surface area contributed by atoms with Gasteiger partial charge in [0.05, 0.1) is 6.26 Å². The zero-order chi connectivity index (χ0) is 10.9. The van der Waals surface area contributed by atoms with Gasteiger partial charge in [0, 0.05) is 0 Å². The molecule has 76 valence electrons. The molecular formula is C13H18O. The summed E-state index contributed by atoms with van der Waals surface area (Å²) in [5.41, 5.74) is 7.66. The molecule has 1 N–H and O–H groups in total. The summed E-state index contributed by atoms with van der Waals surface area (Å²) in [5, 5.41) is 8.84. The summed E-state index contributed by atoms with van der Waals surface area (Å²) in [6, 6.07) is 0. The highest BCUT2D eigenvalue weighted by Crippen LogP contribution is 2.26. The van der Waals surface area contributed by atoms with Crippen molar-refractivity contribution in [1.29, 1.82) is 0 Å². The van der Waals surface area contributed by atoms with Gasteiger partial charge in [-0.25, -0.2) is 0 Å². The standard InChI is InChI=1S/C13H18O/c1-8-9(2)11(4)13(6-7-14)12(5)10(8)3/h6-7,14H,1-5H3/b7-6+. The van der Waals surface area contributed by atoms with Gasteiger partial charge in [0.2, 0.25) is 0 Å². The lowest BCUT2D eigenvalue weighted by Gasteiger charge is -2.15. The predicted octanol–water partition coefficient (Wildman–Crippen LogP) is 3.76. The van der Waals surface area contributed by atoms with E-state index >= 15 is 0 Å². The quantitative estimate of drug-likeness (QED) is 0.668. The molecule has 1 aromatic rings. The average molecular weight is 190 g/mol. The zero-order valence-electron chi connectivity index (χ0n) is 9.60. The van der Waals surface area contributed by atoms with Gasteiger partial charge < -0.3 is 5.11 Å². The fraction of sp³-hybridized carbons (Fsp3) is 0.385. The van der Waals surface area contributed by atoms with E-state index < -0.39 is 0 Å². The first-order valence-electron chi connectivity index (χ1n) is 4.88. The monoisotopic (exact) mass is 190 g/mol. The van der Waals surface area contributed by atoms with Gasteiger partial charge in [-0.3, -0.25) is 0 Å². The molecule has 0 atom stereocenters.